The van der Waals surface area contributed by atoms with Gasteiger partial charge in [0.25, 0.3) is 5.91 Å². The number of rotatable bonds is 7. The van der Waals surface area contributed by atoms with Gasteiger partial charge in [-0.15, -0.1) is 21.8 Å². The summed E-state index contributed by atoms with van der Waals surface area (Å²) in [4.78, 5) is 12.6. The highest BCUT2D eigenvalue weighted by Crippen LogP contribution is 2.22. The van der Waals surface area contributed by atoms with Crippen LogP contribution < -0.4 is 5.32 Å². The molecule has 1 saturated heterocycles. The van der Waals surface area contributed by atoms with E-state index in [1.165, 1.54) is 39.9 Å². The number of anilines is 1. The average Bonchev–Trinajstić information content (AvgIpc) is 3.14. The maximum Gasteiger partial charge on any atom is 0.257 e. The lowest BCUT2D eigenvalue weighted by molar-refractivity contribution is 0.102. The van der Waals surface area contributed by atoms with Gasteiger partial charge in [0.05, 0.1) is 4.90 Å². The molecule has 0 radical (unpaired) electrons. The van der Waals surface area contributed by atoms with Crippen molar-refractivity contribution in [2.24, 2.45) is 0 Å². The van der Waals surface area contributed by atoms with E-state index in [0.29, 0.717) is 29.7 Å². The van der Waals surface area contributed by atoms with E-state index in [4.69, 9.17) is 11.6 Å². The Balaban J connectivity index is 1.65. The molecule has 0 aliphatic carbocycles. The molecule has 1 aliphatic rings. The lowest BCUT2D eigenvalue weighted by Crippen LogP contribution is -2.35. The number of carbonyl (C=O) groups is 1. The number of carbonyl (C=O) groups excluding carboxylic acids is 1. The molecule has 1 aromatic carbocycles. The molecule has 0 atom stereocenters. The number of halogens is 1. The number of piperidine rings is 1. The molecule has 2 aromatic rings. The molecule has 0 spiro atoms. The Morgan fingerprint density at radius 2 is 1.85 bits per heavy atom. The van der Waals surface area contributed by atoms with Crippen molar-refractivity contribution < 1.29 is 13.2 Å². The highest BCUT2D eigenvalue weighted by molar-refractivity contribution is 7.89. The van der Waals surface area contributed by atoms with Gasteiger partial charge < -0.3 is 0 Å². The van der Waals surface area contributed by atoms with Crippen molar-refractivity contribution in [1.82, 2.24) is 14.5 Å². The third-order valence-electron chi connectivity index (χ3n) is 4.28. The summed E-state index contributed by atoms with van der Waals surface area (Å²) in [5.74, 6) is 0.200. The summed E-state index contributed by atoms with van der Waals surface area (Å²) in [7, 11) is -3.50. The summed E-state index contributed by atoms with van der Waals surface area (Å²) >= 11 is 6.96. The monoisotopic (exact) mass is 428 g/mol. The molecule has 0 bridgehead atoms. The fourth-order valence-electron chi connectivity index (χ4n) is 2.83. The standard InChI is InChI=1S/C17H21ClN4O3S2/c18-10-4-5-15-20-21-17(26-15)19-16(23)13-6-8-14(9-7-13)27(24,25)22-11-2-1-3-12-22/h6-9H,1-5,10-12H2,(H,19,21,23). The number of hydrogen-bond acceptors (Lipinski definition) is 6. The molecule has 3 rings (SSSR count). The van der Waals surface area contributed by atoms with Gasteiger partial charge >= 0.3 is 0 Å². The Morgan fingerprint density at radius 1 is 1.15 bits per heavy atom. The third kappa shape index (κ3) is 5.04. The summed E-state index contributed by atoms with van der Waals surface area (Å²) in [6, 6.07) is 5.99. The lowest BCUT2D eigenvalue weighted by atomic mass is 10.2. The highest BCUT2D eigenvalue weighted by Gasteiger charge is 2.26. The van der Waals surface area contributed by atoms with Gasteiger partial charge in [-0.3, -0.25) is 10.1 Å². The van der Waals surface area contributed by atoms with Gasteiger partial charge in [0, 0.05) is 31.0 Å². The van der Waals surface area contributed by atoms with Crippen molar-refractivity contribution in [3.05, 3.63) is 34.8 Å². The first-order valence-corrected chi connectivity index (χ1v) is 11.6. The zero-order valence-electron chi connectivity index (χ0n) is 14.7. The smallest absolute Gasteiger partial charge is 0.257 e. The van der Waals surface area contributed by atoms with Crippen LogP contribution in [0.25, 0.3) is 0 Å². The number of sulfonamides is 1. The molecular weight excluding hydrogens is 408 g/mol. The maximum absolute atomic E-state index is 12.6. The first-order chi connectivity index (χ1) is 13.0. The lowest BCUT2D eigenvalue weighted by Gasteiger charge is -2.25. The first kappa shape index (κ1) is 20.2. The van der Waals surface area contributed by atoms with E-state index >= 15 is 0 Å². The van der Waals surface area contributed by atoms with Crippen LogP contribution in [0.4, 0.5) is 5.13 Å². The summed E-state index contributed by atoms with van der Waals surface area (Å²) in [6.45, 7) is 1.10. The zero-order chi connectivity index (χ0) is 19.3. The van der Waals surface area contributed by atoms with Crippen molar-refractivity contribution in [1.29, 1.82) is 0 Å². The molecule has 1 fully saturated rings. The average molecular weight is 429 g/mol. The molecule has 2 heterocycles. The molecular formula is C17H21ClN4O3S2. The van der Waals surface area contributed by atoms with Crippen LogP contribution >= 0.6 is 22.9 Å². The fourth-order valence-corrected chi connectivity index (χ4v) is 5.25. The quantitative estimate of drug-likeness (QED) is 0.684. The van der Waals surface area contributed by atoms with Crippen LogP contribution in [-0.4, -0.2) is 47.8 Å². The molecule has 1 aliphatic heterocycles. The van der Waals surface area contributed by atoms with E-state index in [-0.39, 0.29) is 10.8 Å². The van der Waals surface area contributed by atoms with E-state index in [0.717, 1.165) is 37.1 Å². The largest absolute Gasteiger partial charge is 0.296 e. The zero-order valence-corrected chi connectivity index (χ0v) is 17.1. The molecule has 0 unspecified atom stereocenters. The topological polar surface area (TPSA) is 92.3 Å². The van der Waals surface area contributed by atoms with E-state index in [9.17, 15) is 13.2 Å². The Labute approximate surface area is 167 Å². The van der Waals surface area contributed by atoms with Gasteiger partial charge in [-0.05, 0) is 43.5 Å². The number of aryl methyl sites for hydroxylation is 1. The van der Waals surface area contributed by atoms with Gasteiger partial charge in [0.15, 0.2) is 0 Å². The van der Waals surface area contributed by atoms with E-state index in [1.54, 1.807) is 0 Å². The minimum absolute atomic E-state index is 0.209. The van der Waals surface area contributed by atoms with Crippen molar-refractivity contribution in [2.75, 3.05) is 24.3 Å². The Morgan fingerprint density at radius 3 is 2.52 bits per heavy atom. The Bertz CT molecular complexity index is 878. The van der Waals surface area contributed by atoms with Crippen LogP contribution in [0, 0.1) is 0 Å². The second-order valence-corrected chi connectivity index (χ2v) is 9.61. The second-order valence-electron chi connectivity index (χ2n) is 6.24. The van der Waals surface area contributed by atoms with Crippen molar-refractivity contribution in [2.45, 2.75) is 37.0 Å². The fraction of sp³-hybridized carbons (Fsp3) is 0.471. The SMILES string of the molecule is O=C(Nc1nnc(CCCCl)s1)c1ccc(S(=O)(=O)N2CCCCC2)cc1. The number of alkyl halides is 1. The molecule has 27 heavy (non-hydrogen) atoms. The maximum atomic E-state index is 12.6. The second kappa shape index (κ2) is 9.09. The Kier molecular flexibility index (Phi) is 6.80. The van der Waals surface area contributed by atoms with Crippen LogP contribution in [0.15, 0.2) is 29.2 Å². The minimum atomic E-state index is -3.50. The molecule has 1 N–H and O–H groups in total. The van der Waals surface area contributed by atoms with E-state index in [2.05, 4.69) is 15.5 Å². The summed E-state index contributed by atoms with van der Waals surface area (Å²) < 4.78 is 26.8. The summed E-state index contributed by atoms with van der Waals surface area (Å²) in [6.07, 6.45) is 4.35. The van der Waals surface area contributed by atoms with Crippen molar-refractivity contribution >= 4 is 44.0 Å². The van der Waals surface area contributed by atoms with Gasteiger partial charge in [-0.1, -0.05) is 17.8 Å². The highest BCUT2D eigenvalue weighted by atomic mass is 35.5. The molecule has 10 heteroatoms. The number of hydrogen-bond donors (Lipinski definition) is 1. The minimum Gasteiger partial charge on any atom is -0.296 e. The molecule has 1 aromatic heterocycles. The number of benzene rings is 1. The van der Waals surface area contributed by atoms with Gasteiger partial charge in [-0.25, -0.2) is 8.42 Å². The van der Waals surface area contributed by atoms with E-state index < -0.39 is 10.0 Å². The summed E-state index contributed by atoms with van der Waals surface area (Å²) in [5, 5.41) is 11.9. The summed E-state index contributed by atoms with van der Waals surface area (Å²) in [5.41, 5.74) is 0.366. The van der Waals surface area contributed by atoms with Crippen molar-refractivity contribution in [3.63, 3.8) is 0 Å². The van der Waals surface area contributed by atoms with Gasteiger partial charge in [0.2, 0.25) is 15.2 Å². The van der Waals surface area contributed by atoms with Crippen LogP contribution in [-0.2, 0) is 16.4 Å². The number of nitrogens with one attached hydrogen (secondary N) is 1. The molecule has 7 nitrogen and oxygen atoms in total. The van der Waals surface area contributed by atoms with Crippen LogP contribution in [0.5, 0.6) is 0 Å². The van der Waals surface area contributed by atoms with Gasteiger partial charge in [-0.2, -0.15) is 4.31 Å². The van der Waals surface area contributed by atoms with Crippen LogP contribution in [0.1, 0.15) is 41.0 Å². The number of aromatic nitrogens is 2. The van der Waals surface area contributed by atoms with Crippen LogP contribution in [0.3, 0.4) is 0 Å². The molecule has 0 saturated carbocycles. The van der Waals surface area contributed by atoms with Crippen molar-refractivity contribution in [3.8, 4) is 0 Å². The predicted octanol–water partition coefficient (Wildman–Crippen LogP) is 3.14. The third-order valence-corrected chi connectivity index (χ3v) is 7.36. The van der Waals surface area contributed by atoms with Crippen LogP contribution in [0.2, 0.25) is 0 Å². The molecule has 146 valence electrons. The first-order valence-electron chi connectivity index (χ1n) is 8.80. The Hall–Kier alpha value is -1.55. The van der Waals surface area contributed by atoms with E-state index in [1.807, 2.05) is 0 Å². The molecule has 1 amide bonds. The number of amides is 1. The predicted molar refractivity (Wildman–Crippen MR) is 106 cm³/mol. The number of nitrogens with zero attached hydrogens (tertiary/aromatic N) is 3. The van der Waals surface area contributed by atoms with Gasteiger partial charge in [0.1, 0.15) is 5.01 Å². The normalized spacial score (nSPS) is 15.6.